The Hall–Kier alpha value is -1.36. The number of aldehydes is 1. The zero-order chi connectivity index (χ0) is 23.8. The first kappa shape index (κ1) is 25.9. The van der Waals surface area contributed by atoms with E-state index < -0.39 is 66.1 Å². The van der Waals surface area contributed by atoms with Crippen LogP contribution in [0.5, 0.6) is 0 Å². The number of aliphatic hydroxyl groups excluding tert-OH is 2. The van der Waals surface area contributed by atoms with Crippen molar-refractivity contribution in [3.8, 4) is 0 Å². The normalized spacial score (nSPS) is 28.1. The summed E-state index contributed by atoms with van der Waals surface area (Å²) in [7, 11) is -18.3. The van der Waals surface area contributed by atoms with Crippen LogP contribution in [0.4, 0.5) is 5.82 Å². The highest BCUT2D eigenvalue weighted by atomic mass is 31.3. The van der Waals surface area contributed by atoms with E-state index in [1.165, 1.54) is 0 Å². The standard InChI is InChI=1S/C10H16N3O15P3/c11-8-4(2-14)1-13(10(17)12-8)9-7(16)6(15)5(26-9)3-25-30(21,22)28-31(23,24)27-29(18,19)20/h1-2,5-7,9,15-16H,3H2,(H,21,22)(H,23,24)(H2,11,12,17)(H2,18,19,20)/p-4. The summed E-state index contributed by atoms with van der Waals surface area (Å²) in [6.45, 7) is -1.21. The van der Waals surface area contributed by atoms with Crippen molar-refractivity contribution in [2.24, 2.45) is 0 Å². The molecule has 6 atom stereocenters. The third-order valence-corrected chi connectivity index (χ3v) is 7.21. The SMILES string of the molecule is Nc1nc(=O)n(C2OC(COP(=O)([O-])OP(=O)([O-])OP(=O)([O-])[O-])C(O)C2O)cc1C=O. The van der Waals surface area contributed by atoms with Crippen molar-refractivity contribution in [2.75, 3.05) is 12.3 Å². The van der Waals surface area contributed by atoms with E-state index in [2.05, 4.69) is 18.1 Å². The summed E-state index contributed by atoms with van der Waals surface area (Å²) in [6.07, 6.45) is -6.13. The number of anilines is 1. The van der Waals surface area contributed by atoms with Gasteiger partial charge in [-0.1, -0.05) is 0 Å². The summed E-state index contributed by atoms with van der Waals surface area (Å²) in [5, 5.41) is 20.0. The zero-order valence-corrected chi connectivity index (χ0v) is 17.4. The number of rotatable bonds is 9. The van der Waals surface area contributed by atoms with Crippen LogP contribution in [0.2, 0.25) is 0 Å². The number of nitrogen functional groups attached to an aromatic ring is 1. The molecule has 0 spiro atoms. The van der Waals surface area contributed by atoms with E-state index in [1.807, 2.05) is 0 Å². The molecule has 0 radical (unpaired) electrons. The second kappa shape index (κ2) is 9.25. The molecule has 1 aromatic rings. The fraction of sp³-hybridized carbons (Fsp3) is 0.500. The first-order chi connectivity index (χ1) is 14.1. The highest BCUT2D eigenvalue weighted by Gasteiger charge is 2.45. The molecule has 6 unspecified atom stereocenters. The molecule has 1 aliphatic rings. The maximum absolute atomic E-state index is 11.9. The summed E-state index contributed by atoms with van der Waals surface area (Å²) in [4.78, 5) is 69.3. The van der Waals surface area contributed by atoms with Crippen LogP contribution in [-0.2, 0) is 31.6 Å². The van der Waals surface area contributed by atoms with Crippen LogP contribution in [0.3, 0.4) is 0 Å². The smallest absolute Gasteiger partial charge is 0.351 e. The van der Waals surface area contributed by atoms with E-state index in [4.69, 9.17) is 10.5 Å². The molecule has 4 N–H and O–H groups in total. The predicted molar refractivity (Wildman–Crippen MR) is 85.2 cm³/mol. The van der Waals surface area contributed by atoms with Gasteiger partial charge in [0.1, 0.15) is 24.1 Å². The second-order valence-corrected chi connectivity index (χ2v) is 9.98. The average Bonchev–Trinajstić information content (AvgIpc) is 2.85. The minimum Gasteiger partial charge on any atom is -0.790 e. The first-order valence-electron chi connectivity index (χ1n) is 7.62. The minimum atomic E-state index is -6.19. The van der Waals surface area contributed by atoms with Gasteiger partial charge in [0.2, 0.25) is 0 Å². The summed E-state index contributed by atoms with van der Waals surface area (Å²) in [5.41, 5.74) is 3.97. The van der Waals surface area contributed by atoms with Crippen LogP contribution in [0.15, 0.2) is 11.0 Å². The quantitative estimate of drug-likeness (QED) is 0.208. The third kappa shape index (κ3) is 6.81. The lowest BCUT2D eigenvalue weighted by atomic mass is 10.1. The number of hydrogen-bond acceptors (Lipinski definition) is 17. The molecule has 1 aliphatic heterocycles. The topological polar surface area (TPSA) is 299 Å². The van der Waals surface area contributed by atoms with Gasteiger partial charge in [0.15, 0.2) is 12.5 Å². The number of ether oxygens (including phenoxy) is 1. The molecule has 2 heterocycles. The number of aromatic nitrogens is 2. The van der Waals surface area contributed by atoms with Gasteiger partial charge in [0.05, 0.1) is 20.0 Å². The summed E-state index contributed by atoms with van der Waals surface area (Å²) in [6, 6.07) is 0. The Balaban J connectivity index is 2.12. The molecule has 0 aromatic carbocycles. The fourth-order valence-corrected chi connectivity index (χ4v) is 5.18. The molecule has 176 valence electrons. The lowest BCUT2D eigenvalue weighted by molar-refractivity contribution is -0.339. The van der Waals surface area contributed by atoms with Crippen molar-refractivity contribution in [3.63, 3.8) is 0 Å². The van der Waals surface area contributed by atoms with Crippen molar-refractivity contribution in [1.82, 2.24) is 9.55 Å². The van der Waals surface area contributed by atoms with Crippen molar-refractivity contribution < 1.29 is 66.2 Å². The number of carbonyl (C=O) groups excluding carboxylic acids is 1. The zero-order valence-electron chi connectivity index (χ0n) is 14.7. The Morgan fingerprint density at radius 3 is 2.32 bits per heavy atom. The van der Waals surface area contributed by atoms with E-state index in [1.54, 1.807) is 0 Å². The molecule has 0 bridgehead atoms. The van der Waals surface area contributed by atoms with Gasteiger partial charge in [0, 0.05) is 6.20 Å². The van der Waals surface area contributed by atoms with E-state index in [-0.39, 0.29) is 11.8 Å². The molecule has 18 nitrogen and oxygen atoms in total. The maximum atomic E-state index is 11.9. The maximum Gasteiger partial charge on any atom is 0.351 e. The lowest BCUT2D eigenvalue weighted by Crippen LogP contribution is -2.36. The second-order valence-electron chi connectivity index (χ2n) is 5.74. The molecular formula is C10H12N3O15P3-4. The number of phosphoric ester groups is 1. The van der Waals surface area contributed by atoms with Gasteiger partial charge in [0.25, 0.3) is 15.6 Å². The lowest BCUT2D eigenvalue weighted by Gasteiger charge is -2.37. The molecule has 0 aliphatic carbocycles. The first-order valence-corrected chi connectivity index (χ1v) is 12.0. The van der Waals surface area contributed by atoms with Gasteiger partial charge in [-0.25, -0.2) is 9.11 Å². The highest BCUT2D eigenvalue weighted by molar-refractivity contribution is 7.64. The number of carbonyl (C=O) groups is 1. The van der Waals surface area contributed by atoms with Crippen LogP contribution in [0.1, 0.15) is 16.6 Å². The Morgan fingerprint density at radius 2 is 1.77 bits per heavy atom. The van der Waals surface area contributed by atoms with Gasteiger partial charge in [-0.3, -0.25) is 22.8 Å². The predicted octanol–water partition coefficient (Wildman–Crippen LogP) is -4.93. The monoisotopic (exact) mass is 507 g/mol. The Labute approximate surface area is 171 Å². The van der Waals surface area contributed by atoms with Gasteiger partial charge < -0.3 is 49.3 Å². The van der Waals surface area contributed by atoms with Crippen LogP contribution < -0.4 is 31.0 Å². The molecule has 31 heavy (non-hydrogen) atoms. The van der Waals surface area contributed by atoms with Crippen molar-refractivity contribution >= 4 is 35.6 Å². The van der Waals surface area contributed by atoms with E-state index in [0.717, 1.165) is 6.20 Å². The van der Waals surface area contributed by atoms with E-state index in [0.29, 0.717) is 4.57 Å². The van der Waals surface area contributed by atoms with Gasteiger partial charge in [-0.05, 0) is 0 Å². The number of hydrogen-bond donors (Lipinski definition) is 3. The molecule has 1 aromatic heterocycles. The number of phosphoric acid groups is 3. The van der Waals surface area contributed by atoms with Crippen LogP contribution in [-0.4, -0.2) is 51.0 Å². The van der Waals surface area contributed by atoms with Gasteiger partial charge in [-0.2, -0.15) is 4.98 Å². The third-order valence-electron chi connectivity index (χ3n) is 3.55. The summed E-state index contributed by atoms with van der Waals surface area (Å²) in [5.74, 6) is -0.432. The largest absolute Gasteiger partial charge is 0.790 e. The van der Waals surface area contributed by atoms with Crippen LogP contribution in [0, 0.1) is 0 Å². The van der Waals surface area contributed by atoms with Crippen molar-refractivity contribution in [2.45, 2.75) is 24.5 Å². The number of nitrogens with two attached hydrogens (primary N) is 1. The van der Waals surface area contributed by atoms with Gasteiger partial charge >= 0.3 is 5.69 Å². The van der Waals surface area contributed by atoms with E-state index in [9.17, 15) is 53.1 Å². The highest BCUT2D eigenvalue weighted by Crippen LogP contribution is 2.60. The molecule has 1 fully saturated rings. The number of aliphatic hydroxyl groups is 2. The molecule has 0 saturated carbocycles. The fourth-order valence-electron chi connectivity index (χ4n) is 2.31. The summed E-state index contributed by atoms with van der Waals surface area (Å²) < 4.78 is 49.0. The Morgan fingerprint density at radius 1 is 1.16 bits per heavy atom. The van der Waals surface area contributed by atoms with Crippen LogP contribution in [0.25, 0.3) is 0 Å². The molecular weight excluding hydrogens is 495 g/mol. The van der Waals surface area contributed by atoms with Crippen LogP contribution >= 0.6 is 23.5 Å². The van der Waals surface area contributed by atoms with Gasteiger partial charge in [-0.15, -0.1) is 0 Å². The Bertz CT molecular complexity index is 1040. The average molecular weight is 507 g/mol. The summed E-state index contributed by atoms with van der Waals surface area (Å²) >= 11 is 0. The molecule has 0 amide bonds. The van der Waals surface area contributed by atoms with E-state index >= 15 is 0 Å². The van der Waals surface area contributed by atoms with Crippen molar-refractivity contribution in [1.29, 1.82) is 0 Å². The molecule has 1 saturated heterocycles. The number of nitrogens with zero attached hydrogens (tertiary/aromatic N) is 2. The Kier molecular flexibility index (Phi) is 7.73. The van der Waals surface area contributed by atoms with Crippen molar-refractivity contribution in [3.05, 3.63) is 22.2 Å². The molecule has 21 heteroatoms. The molecule has 2 rings (SSSR count). The minimum absolute atomic E-state index is 0.230.